The maximum atomic E-state index is 12.4. The van der Waals surface area contributed by atoms with Crippen molar-refractivity contribution in [3.63, 3.8) is 0 Å². The van der Waals surface area contributed by atoms with Crippen LogP contribution in [-0.4, -0.2) is 77.5 Å². The van der Waals surface area contributed by atoms with E-state index in [0.29, 0.717) is 11.7 Å². The van der Waals surface area contributed by atoms with Gasteiger partial charge in [-0.05, 0) is 62.2 Å². The van der Waals surface area contributed by atoms with Gasteiger partial charge in [0.05, 0.1) is 11.2 Å². The number of aromatic nitrogens is 2. The van der Waals surface area contributed by atoms with Crippen molar-refractivity contribution in [3.8, 4) is 11.5 Å². The Balaban J connectivity index is 1.16. The Labute approximate surface area is 228 Å². The van der Waals surface area contributed by atoms with E-state index in [2.05, 4.69) is 19.9 Å². The first-order chi connectivity index (χ1) is 18.7. The number of rotatable bonds is 7. The second-order valence-electron chi connectivity index (χ2n) is 9.56. The standard InChI is InChI=1S/C27H30F3N5O3S/c1-18-23-16-19(32-25(36)17-37-21-3-5-22(6-4-21)38-27(28,29)30)2-7-24(23)33-26(31-18)35-10-8-20(9-11-35)34-12-14-39-15-13-34/h2-7,16,20H,8-15,17H2,1H3,(H,32,36). The van der Waals surface area contributed by atoms with Gasteiger partial charge in [0.1, 0.15) is 11.5 Å². The number of amides is 1. The van der Waals surface area contributed by atoms with Gasteiger partial charge in [0.15, 0.2) is 6.61 Å². The van der Waals surface area contributed by atoms with E-state index in [-0.39, 0.29) is 18.1 Å². The van der Waals surface area contributed by atoms with Gasteiger partial charge in [-0.3, -0.25) is 9.69 Å². The molecule has 2 aliphatic rings. The molecule has 0 atom stereocenters. The van der Waals surface area contributed by atoms with Crippen LogP contribution in [0, 0.1) is 6.92 Å². The van der Waals surface area contributed by atoms with Crippen molar-refractivity contribution < 1.29 is 27.4 Å². The van der Waals surface area contributed by atoms with Gasteiger partial charge in [-0.25, -0.2) is 9.97 Å². The predicted molar refractivity (Wildman–Crippen MR) is 146 cm³/mol. The minimum Gasteiger partial charge on any atom is -0.484 e. The van der Waals surface area contributed by atoms with E-state index >= 15 is 0 Å². The Bertz CT molecular complexity index is 1290. The first-order valence-electron chi connectivity index (χ1n) is 12.9. The number of piperidine rings is 1. The zero-order valence-corrected chi connectivity index (χ0v) is 22.4. The van der Waals surface area contributed by atoms with Gasteiger partial charge in [0, 0.05) is 54.8 Å². The average Bonchev–Trinajstić information content (AvgIpc) is 2.93. The van der Waals surface area contributed by atoms with Crippen LogP contribution in [0.3, 0.4) is 0 Å². The second-order valence-corrected chi connectivity index (χ2v) is 10.8. The number of halogens is 3. The summed E-state index contributed by atoms with van der Waals surface area (Å²) in [4.78, 5) is 26.9. The van der Waals surface area contributed by atoms with Crippen molar-refractivity contribution in [2.45, 2.75) is 32.2 Å². The third kappa shape index (κ3) is 7.24. The molecule has 2 aromatic carbocycles. The Morgan fingerprint density at radius 1 is 1.03 bits per heavy atom. The fourth-order valence-corrected chi connectivity index (χ4v) is 5.87. The maximum absolute atomic E-state index is 12.4. The fourth-order valence-electron chi connectivity index (χ4n) is 4.94. The SMILES string of the molecule is Cc1nc(N2CCC(N3CCSCC3)CC2)nc2ccc(NC(=O)COc3ccc(OC(F)(F)F)cc3)cc12. The van der Waals surface area contributed by atoms with Crippen molar-refractivity contribution in [3.05, 3.63) is 48.2 Å². The van der Waals surface area contributed by atoms with E-state index in [9.17, 15) is 18.0 Å². The largest absolute Gasteiger partial charge is 0.573 e. The molecule has 1 N–H and O–H groups in total. The van der Waals surface area contributed by atoms with Gasteiger partial charge >= 0.3 is 6.36 Å². The molecule has 0 radical (unpaired) electrons. The van der Waals surface area contributed by atoms with E-state index in [1.54, 1.807) is 6.07 Å². The van der Waals surface area contributed by atoms with Crippen molar-refractivity contribution in [1.29, 1.82) is 0 Å². The van der Waals surface area contributed by atoms with Gasteiger partial charge in [-0.1, -0.05) is 0 Å². The highest BCUT2D eigenvalue weighted by Gasteiger charge is 2.31. The number of alkyl halides is 3. The topological polar surface area (TPSA) is 79.8 Å². The third-order valence-electron chi connectivity index (χ3n) is 6.89. The summed E-state index contributed by atoms with van der Waals surface area (Å²) in [5.74, 6) is 2.66. The molecule has 2 saturated heterocycles. The molecule has 0 saturated carbocycles. The monoisotopic (exact) mass is 561 g/mol. The normalized spacial score (nSPS) is 17.3. The first-order valence-corrected chi connectivity index (χ1v) is 14.0. The molecule has 0 bridgehead atoms. The Morgan fingerprint density at radius 2 is 1.72 bits per heavy atom. The number of benzene rings is 2. The number of hydrogen-bond acceptors (Lipinski definition) is 8. The van der Waals surface area contributed by atoms with Crippen molar-refractivity contribution in [1.82, 2.24) is 14.9 Å². The van der Waals surface area contributed by atoms with Crippen LogP contribution in [0.15, 0.2) is 42.5 Å². The van der Waals surface area contributed by atoms with Crippen LogP contribution in [0.2, 0.25) is 0 Å². The number of thioether (sulfide) groups is 1. The lowest BCUT2D eigenvalue weighted by Gasteiger charge is -2.40. The summed E-state index contributed by atoms with van der Waals surface area (Å²) in [6, 6.07) is 11.0. The molecular formula is C27H30F3N5O3S. The molecule has 12 heteroatoms. The molecule has 39 heavy (non-hydrogen) atoms. The lowest BCUT2D eigenvalue weighted by molar-refractivity contribution is -0.274. The summed E-state index contributed by atoms with van der Waals surface area (Å²) in [6.07, 6.45) is -2.54. The van der Waals surface area contributed by atoms with Crippen LogP contribution in [0.1, 0.15) is 18.5 Å². The van der Waals surface area contributed by atoms with Crippen molar-refractivity contribution in [2.75, 3.05) is 54.5 Å². The summed E-state index contributed by atoms with van der Waals surface area (Å²) in [6.45, 7) is 5.86. The molecule has 208 valence electrons. The highest BCUT2D eigenvalue weighted by Crippen LogP contribution is 2.27. The summed E-state index contributed by atoms with van der Waals surface area (Å²) in [7, 11) is 0. The smallest absolute Gasteiger partial charge is 0.484 e. The number of nitrogens with one attached hydrogen (secondary N) is 1. The third-order valence-corrected chi connectivity index (χ3v) is 7.84. The van der Waals surface area contributed by atoms with Gasteiger partial charge < -0.3 is 19.7 Å². The molecule has 3 aromatic rings. The highest BCUT2D eigenvalue weighted by atomic mass is 32.2. The number of aryl methyl sites for hydroxylation is 1. The summed E-state index contributed by atoms with van der Waals surface area (Å²) in [5, 5.41) is 3.62. The minimum absolute atomic E-state index is 0.244. The lowest BCUT2D eigenvalue weighted by Crippen LogP contribution is -2.48. The molecule has 1 amide bonds. The van der Waals surface area contributed by atoms with E-state index in [1.807, 2.05) is 30.8 Å². The molecule has 5 rings (SSSR count). The Hall–Kier alpha value is -3.25. The average molecular weight is 562 g/mol. The molecule has 0 spiro atoms. The maximum Gasteiger partial charge on any atom is 0.573 e. The number of carbonyl (C=O) groups excluding carboxylic acids is 1. The van der Waals surface area contributed by atoms with E-state index in [1.165, 1.54) is 36.7 Å². The van der Waals surface area contributed by atoms with E-state index < -0.39 is 12.3 Å². The van der Waals surface area contributed by atoms with Gasteiger partial charge in [-0.2, -0.15) is 11.8 Å². The number of fused-ring (bicyclic) bond motifs is 1. The van der Waals surface area contributed by atoms with Crippen LogP contribution in [0.4, 0.5) is 24.8 Å². The van der Waals surface area contributed by atoms with E-state index in [4.69, 9.17) is 14.7 Å². The van der Waals surface area contributed by atoms with Gasteiger partial charge in [0.25, 0.3) is 5.91 Å². The molecule has 1 aromatic heterocycles. The lowest BCUT2D eigenvalue weighted by atomic mass is 10.0. The zero-order valence-electron chi connectivity index (χ0n) is 21.5. The number of hydrogen-bond donors (Lipinski definition) is 1. The first kappa shape index (κ1) is 27.3. The fraction of sp³-hybridized carbons (Fsp3) is 0.444. The van der Waals surface area contributed by atoms with Crippen LogP contribution in [0.5, 0.6) is 11.5 Å². The van der Waals surface area contributed by atoms with Crippen LogP contribution in [0.25, 0.3) is 10.9 Å². The summed E-state index contributed by atoms with van der Waals surface area (Å²) >= 11 is 2.04. The van der Waals surface area contributed by atoms with Crippen molar-refractivity contribution >= 4 is 40.2 Å². The second kappa shape index (κ2) is 11.9. The van der Waals surface area contributed by atoms with Gasteiger partial charge in [0.2, 0.25) is 5.95 Å². The van der Waals surface area contributed by atoms with Crippen LogP contribution in [-0.2, 0) is 4.79 Å². The van der Waals surface area contributed by atoms with E-state index in [0.717, 1.165) is 60.6 Å². The Morgan fingerprint density at radius 3 is 2.41 bits per heavy atom. The van der Waals surface area contributed by atoms with Crippen LogP contribution >= 0.6 is 11.8 Å². The molecule has 3 heterocycles. The quantitative estimate of drug-likeness (QED) is 0.438. The number of nitrogens with zero attached hydrogens (tertiary/aromatic N) is 4. The number of anilines is 2. The van der Waals surface area contributed by atoms with Crippen LogP contribution < -0.4 is 19.7 Å². The Kier molecular flexibility index (Phi) is 8.31. The molecule has 2 fully saturated rings. The van der Waals surface area contributed by atoms with Crippen molar-refractivity contribution in [2.24, 2.45) is 0 Å². The molecule has 8 nitrogen and oxygen atoms in total. The van der Waals surface area contributed by atoms with Gasteiger partial charge in [-0.15, -0.1) is 13.2 Å². The molecular weight excluding hydrogens is 531 g/mol. The number of carbonyl (C=O) groups is 1. The highest BCUT2D eigenvalue weighted by molar-refractivity contribution is 7.99. The number of ether oxygens (including phenoxy) is 2. The summed E-state index contributed by atoms with van der Waals surface area (Å²) < 4.78 is 46.1. The molecule has 0 aliphatic carbocycles. The minimum atomic E-state index is -4.77. The molecule has 0 unspecified atom stereocenters. The predicted octanol–water partition coefficient (Wildman–Crippen LogP) is 4.87. The zero-order chi connectivity index (χ0) is 27.4. The molecule has 2 aliphatic heterocycles. The summed E-state index contributed by atoms with van der Waals surface area (Å²) in [5.41, 5.74) is 2.21.